The summed E-state index contributed by atoms with van der Waals surface area (Å²) in [4.78, 5) is 12.2. The van der Waals surface area contributed by atoms with E-state index in [0.29, 0.717) is 5.56 Å². The number of benzene rings is 1. The van der Waals surface area contributed by atoms with Crippen molar-refractivity contribution in [2.24, 2.45) is 5.10 Å². The van der Waals surface area contributed by atoms with Crippen molar-refractivity contribution in [3.63, 3.8) is 0 Å². The normalized spacial score (nSPS) is 11.2. The van der Waals surface area contributed by atoms with E-state index in [4.69, 9.17) is 0 Å². The van der Waals surface area contributed by atoms with Gasteiger partial charge in [-0.25, -0.2) is 14.4 Å². The minimum absolute atomic E-state index is 0.263. The van der Waals surface area contributed by atoms with Gasteiger partial charge >= 0.3 is 0 Å². The van der Waals surface area contributed by atoms with Crippen LogP contribution in [0.2, 0.25) is 0 Å². The van der Waals surface area contributed by atoms with Crippen LogP contribution in [0.15, 0.2) is 53.9 Å². The Kier molecular flexibility index (Phi) is 13.0. The lowest BCUT2D eigenvalue weighted by Crippen LogP contribution is -2.33. The molecule has 1 heterocycles. The van der Waals surface area contributed by atoms with Gasteiger partial charge in [0.05, 0.1) is 11.8 Å². The number of hydrazone groups is 1. The summed E-state index contributed by atoms with van der Waals surface area (Å²) in [5.74, 6) is -0.562. The molecule has 0 aliphatic rings. The van der Waals surface area contributed by atoms with Gasteiger partial charge in [0.15, 0.2) is 12.4 Å². The standard InChI is InChI=1S/C27H38FN3O/c1-2-3-4-5-6-7-8-9-10-11-12-13-20-31-21-18-25(19-22-31)27(32)30-29-23-24-14-16-26(28)17-15-24/h14-19,21-23H,2-13,20H2,1H3/p+1. The molecule has 0 saturated heterocycles. The number of rotatable bonds is 16. The van der Waals surface area contributed by atoms with Gasteiger partial charge in [-0.15, -0.1) is 0 Å². The number of pyridine rings is 1. The Balaban J connectivity index is 1.54. The molecule has 1 aromatic heterocycles. The monoisotopic (exact) mass is 440 g/mol. The van der Waals surface area contributed by atoms with E-state index >= 15 is 0 Å². The predicted molar refractivity (Wildman–Crippen MR) is 129 cm³/mol. The number of halogens is 1. The molecule has 32 heavy (non-hydrogen) atoms. The molecule has 0 bridgehead atoms. The van der Waals surface area contributed by atoms with E-state index in [0.717, 1.165) is 18.5 Å². The van der Waals surface area contributed by atoms with Crippen LogP contribution in [-0.2, 0) is 6.54 Å². The average molecular weight is 441 g/mol. The van der Waals surface area contributed by atoms with Gasteiger partial charge in [0.2, 0.25) is 0 Å². The topological polar surface area (TPSA) is 45.3 Å². The van der Waals surface area contributed by atoms with E-state index in [9.17, 15) is 9.18 Å². The fourth-order valence-corrected chi connectivity index (χ4v) is 3.67. The Morgan fingerprint density at radius 2 is 1.38 bits per heavy atom. The van der Waals surface area contributed by atoms with E-state index < -0.39 is 0 Å². The number of nitrogens with one attached hydrogen (secondary N) is 1. The van der Waals surface area contributed by atoms with E-state index in [2.05, 4.69) is 22.0 Å². The van der Waals surface area contributed by atoms with Gasteiger partial charge in [0.1, 0.15) is 12.4 Å². The number of nitrogens with zero attached hydrogens (tertiary/aromatic N) is 2. The summed E-state index contributed by atoms with van der Waals surface area (Å²) in [5, 5.41) is 3.93. The molecule has 0 aliphatic carbocycles. The Morgan fingerprint density at radius 1 is 0.844 bits per heavy atom. The van der Waals surface area contributed by atoms with E-state index in [1.54, 1.807) is 12.1 Å². The number of aryl methyl sites for hydroxylation is 1. The highest BCUT2D eigenvalue weighted by atomic mass is 19.1. The van der Waals surface area contributed by atoms with Gasteiger partial charge in [0.25, 0.3) is 5.91 Å². The summed E-state index contributed by atoms with van der Waals surface area (Å²) in [7, 11) is 0. The van der Waals surface area contributed by atoms with Crippen LogP contribution >= 0.6 is 0 Å². The molecule has 0 atom stereocenters. The Bertz CT molecular complexity index is 788. The van der Waals surface area contributed by atoms with Crippen molar-refractivity contribution >= 4 is 12.1 Å². The molecule has 1 aromatic carbocycles. The van der Waals surface area contributed by atoms with Crippen LogP contribution in [0.4, 0.5) is 4.39 Å². The fourth-order valence-electron chi connectivity index (χ4n) is 3.67. The summed E-state index contributed by atoms with van der Waals surface area (Å²) in [6.07, 6.45) is 21.5. The molecule has 0 spiro atoms. The quantitative estimate of drug-likeness (QED) is 0.136. The number of carbonyl (C=O) groups excluding carboxylic acids is 1. The number of aromatic nitrogens is 1. The summed E-state index contributed by atoms with van der Waals surface area (Å²) < 4.78 is 15.0. The number of hydrogen-bond acceptors (Lipinski definition) is 2. The molecule has 1 amide bonds. The number of unbranched alkanes of at least 4 members (excludes halogenated alkanes) is 11. The molecule has 2 aromatic rings. The van der Waals surface area contributed by atoms with Crippen LogP contribution in [0, 0.1) is 5.82 Å². The first kappa shape index (κ1) is 25.7. The van der Waals surface area contributed by atoms with Crippen molar-refractivity contribution in [2.45, 2.75) is 90.5 Å². The maximum absolute atomic E-state index is 12.9. The molecule has 174 valence electrons. The minimum Gasteiger partial charge on any atom is -0.267 e. The lowest BCUT2D eigenvalue weighted by atomic mass is 10.1. The molecular weight excluding hydrogens is 401 g/mol. The smallest absolute Gasteiger partial charge is 0.267 e. The van der Waals surface area contributed by atoms with Crippen molar-refractivity contribution in [3.05, 3.63) is 65.7 Å². The van der Waals surface area contributed by atoms with Crippen molar-refractivity contribution in [1.29, 1.82) is 0 Å². The van der Waals surface area contributed by atoms with Crippen LogP contribution in [0.5, 0.6) is 0 Å². The van der Waals surface area contributed by atoms with Crippen LogP contribution in [0.1, 0.15) is 99.9 Å². The molecule has 5 heteroatoms. The fraction of sp³-hybridized carbons (Fsp3) is 0.519. The van der Waals surface area contributed by atoms with E-state index in [-0.39, 0.29) is 11.7 Å². The van der Waals surface area contributed by atoms with Crippen LogP contribution in [0.3, 0.4) is 0 Å². The first-order valence-electron chi connectivity index (χ1n) is 12.3. The molecule has 2 rings (SSSR count). The van der Waals surface area contributed by atoms with Gasteiger partial charge in [-0.1, -0.05) is 83.3 Å². The van der Waals surface area contributed by atoms with Gasteiger partial charge in [-0.05, 0) is 24.1 Å². The SMILES string of the molecule is CCCCCCCCCCCCCC[n+]1ccc(C(=O)NN=Cc2ccc(F)cc2)cc1. The number of carbonyl (C=O) groups is 1. The Morgan fingerprint density at radius 3 is 1.94 bits per heavy atom. The van der Waals surface area contributed by atoms with Crippen molar-refractivity contribution in [2.75, 3.05) is 0 Å². The van der Waals surface area contributed by atoms with Crippen molar-refractivity contribution in [3.8, 4) is 0 Å². The highest BCUT2D eigenvalue weighted by Crippen LogP contribution is 2.12. The minimum atomic E-state index is -0.299. The first-order valence-corrected chi connectivity index (χ1v) is 12.3. The predicted octanol–water partition coefficient (Wildman–Crippen LogP) is 6.58. The lowest BCUT2D eigenvalue weighted by molar-refractivity contribution is -0.697. The molecule has 0 fully saturated rings. The molecule has 1 N–H and O–H groups in total. The second kappa shape index (κ2) is 16.1. The van der Waals surface area contributed by atoms with E-state index in [1.807, 2.05) is 24.5 Å². The molecule has 0 aliphatic heterocycles. The Labute approximate surface area is 192 Å². The first-order chi connectivity index (χ1) is 15.7. The molecule has 0 radical (unpaired) electrons. The van der Waals surface area contributed by atoms with Gasteiger partial charge < -0.3 is 0 Å². The zero-order chi connectivity index (χ0) is 22.9. The molecule has 0 saturated carbocycles. The summed E-state index contributed by atoms with van der Waals surface area (Å²) in [6.45, 7) is 3.24. The third-order valence-corrected chi connectivity index (χ3v) is 5.67. The largest absolute Gasteiger partial charge is 0.271 e. The average Bonchev–Trinajstić information content (AvgIpc) is 2.81. The highest BCUT2D eigenvalue weighted by Gasteiger charge is 2.07. The molecule has 4 nitrogen and oxygen atoms in total. The second-order valence-corrected chi connectivity index (χ2v) is 8.46. The third kappa shape index (κ3) is 11.2. The van der Waals surface area contributed by atoms with Crippen LogP contribution in [0.25, 0.3) is 0 Å². The molecular formula is C27H39FN3O+. The highest BCUT2D eigenvalue weighted by molar-refractivity contribution is 5.94. The number of hydrogen-bond donors (Lipinski definition) is 1. The lowest BCUT2D eigenvalue weighted by Gasteiger charge is -2.02. The van der Waals surface area contributed by atoms with Gasteiger partial charge in [0, 0.05) is 18.6 Å². The van der Waals surface area contributed by atoms with E-state index in [1.165, 1.54) is 89.0 Å². The number of amides is 1. The third-order valence-electron chi connectivity index (χ3n) is 5.67. The summed E-state index contributed by atoms with van der Waals surface area (Å²) in [6, 6.07) is 9.54. The maximum Gasteiger partial charge on any atom is 0.271 e. The summed E-state index contributed by atoms with van der Waals surface area (Å²) in [5.41, 5.74) is 3.79. The summed E-state index contributed by atoms with van der Waals surface area (Å²) >= 11 is 0. The Hall–Kier alpha value is -2.56. The maximum atomic E-state index is 12.9. The zero-order valence-electron chi connectivity index (χ0n) is 19.6. The van der Waals surface area contributed by atoms with Gasteiger partial charge in [-0.3, -0.25) is 4.79 Å². The van der Waals surface area contributed by atoms with Crippen LogP contribution in [-0.4, -0.2) is 12.1 Å². The van der Waals surface area contributed by atoms with Crippen molar-refractivity contribution < 1.29 is 13.8 Å². The van der Waals surface area contributed by atoms with Crippen molar-refractivity contribution in [1.82, 2.24) is 5.43 Å². The van der Waals surface area contributed by atoms with Crippen LogP contribution < -0.4 is 9.99 Å². The molecule has 0 unspecified atom stereocenters. The zero-order valence-corrected chi connectivity index (χ0v) is 19.6. The second-order valence-electron chi connectivity index (χ2n) is 8.46. The van der Waals surface area contributed by atoms with Gasteiger partial charge in [-0.2, -0.15) is 5.10 Å².